The summed E-state index contributed by atoms with van der Waals surface area (Å²) in [5, 5.41) is 25.1. The summed E-state index contributed by atoms with van der Waals surface area (Å²) in [6.45, 7) is 0. The quantitative estimate of drug-likeness (QED) is 0.570. The topological polar surface area (TPSA) is 112 Å². The van der Waals surface area contributed by atoms with Gasteiger partial charge in [0.1, 0.15) is 0 Å². The van der Waals surface area contributed by atoms with Crippen LogP contribution in [0.25, 0.3) is 0 Å². The average Bonchev–Trinajstić information content (AvgIpc) is 2.70. The Balaban J connectivity index is 0.000000225. The van der Waals surface area contributed by atoms with Crippen molar-refractivity contribution in [3.05, 3.63) is 108 Å². The number of hydrogen-bond donors (Lipinski definition) is 3. The fraction of sp³-hybridized carbons (Fsp3) is 0.125. The van der Waals surface area contributed by atoms with Gasteiger partial charge in [0.15, 0.2) is 0 Å². The van der Waals surface area contributed by atoms with Crippen molar-refractivity contribution < 1.29 is 29.7 Å². The van der Waals surface area contributed by atoms with Crippen molar-refractivity contribution in [3.63, 3.8) is 0 Å². The van der Waals surface area contributed by atoms with Gasteiger partial charge in [-0.3, -0.25) is 14.4 Å². The molecule has 6 nitrogen and oxygen atoms in total. The van der Waals surface area contributed by atoms with Crippen LogP contribution in [0, 0.1) is 0 Å². The monoisotopic (exact) mass is 408 g/mol. The SMILES string of the molecule is O=C(O)Cc1ccccc1.O=C(O)Cc1ccccc1.O=C(O)Cc1ccccc1. The van der Waals surface area contributed by atoms with E-state index < -0.39 is 17.9 Å². The second-order valence-electron chi connectivity index (χ2n) is 6.17. The Morgan fingerprint density at radius 3 is 0.800 bits per heavy atom. The lowest BCUT2D eigenvalue weighted by atomic mass is 10.2. The molecule has 0 atom stereocenters. The summed E-state index contributed by atoms with van der Waals surface area (Å²) in [4.78, 5) is 30.5. The van der Waals surface area contributed by atoms with E-state index in [1.54, 1.807) is 36.4 Å². The highest BCUT2D eigenvalue weighted by molar-refractivity contribution is 5.70. The number of carboxylic acid groups (broad SMARTS) is 3. The summed E-state index contributed by atoms with van der Waals surface area (Å²) in [7, 11) is 0. The zero-order valence-electron chi connectivity index (χ0n) is 16.3. The molecule has 0 saturated carbocycles. The first kappa shape index (κ1) is 24.1. The molecule has 6 heteroatoms. The molecule has 0 spiro atoms. The van der Waals surface area contributed by atoms with E-state index in [1.165, 1.54) is 0 Å². The van der Waals surface area contributed by atoms with Gasteiger partial charge in [0.25, 0.3) is 0 Å². The summed E-state index contributed by atoms with van der Waals surface area (Å²) in [5.74, 6) is -2.36. The molecule has 3 rings (SSSR count). The van der Waals surface area contributed by atoms with Gasteiger partial charge in [-0.2, -0.15) is 0 Å². The van der Waals surface area contributed by atoms with E-state index in [4.69, 9.17) is 15.3 Å². The van der Waals surface area contributed by atoms with Gasteiger partial charge in [-0.1, -0.05) is 91.0 Å². The second kappa shape index (κ2) is 14.1. The van der Waals surface area contributed by atoms with Crippen LogP contribution in [0.5, 0.6) is 0 Å². The smallest absolute Gasteiger partial charge is 0.307 e. The molecule has 3 N–H and O–H groups in total. The maximum Gasteiger partial charge on any atom is 0.307 e. The van der Waals surface area contributed by atoms with E-state index in [1.807, 2.05) is 54.6 Å². The third kappa shape index (κ3) is 12.5. The summed E-state index contributed by atoms with van der Waals surface area (Å²) >= 11 is 0. The van der Waals surface area contributed by atoms with Gasteiger partial charge in [0, 0.05) is 0 Å². The average molecular weight is 408 g/mol. The van der Waals surface area contributed by atoms with E-state index in [9.17, 15) is 14.4 Å². The highest BCUT2D eigenvalue weighted by Crippen LogP contribution is 1.99. The van der Waals surface area contributed by atoms with Gasteiger partial charge < -0.3 is 15.3 Å². The Morgan fingerprint density at radius 1 is 0.433 bits per heavy atom. The number of hydrogen-bond acceptors (Lipinski definition) is 3. The molecule has 156 valence electrons. The van der Waals surface area contributed by atoms with E-state index >= 15 is 0 Å². The van der Waals surface area contributed by atoms with Crippen LogP contribution in [-0.4, -0.2) is 33.2 Å². The predicted molar refractivity (Wildman–Crippen MR) is 113 cm³/mol. The van der Waals surface area contributed by atoms with Crippen LogP contribution in [0.2, 0.25) is 0 Å². The van der Waals surface area contributed by atoms with Crippen molar-refractivity contribution in [2.45, 2.75) is 19.3 Å². The van der Waals surface area contributed by atoms with E-state index in [0.717, 1.165) is 16.7 Å². The first-order valence-electron chi connectivity index (χ1n) is 9.14. The molecule has 3 aromatic carbocycles. The first-order chi connectivity index (χ1) is 14.4. The second-order valence-corrected chi connectivity index (χ2v) is 6.17. The maximum absolute atomic E-state index is 10.2. The molecule has 0 unspecified atom stereocenters. The molecular formula is C24H24O6. The van der Waals surface area contributed by atoms with E-state index in [0.29, 0.717) is 0 Å². The van der Waals surface area contributed by atoms with Crippen LogP contribution >= 0.6 is 0 Å². The molecule has 0 heterocycles. The van der Waals surface area contributed by atoms with Crippen molar-refractivity contribution in [3.8, 4) is 0 Å². The van der Waals surface area contributed by atoms with Crippen molar-refractivity contribution in [1.29, 1.82) is 0 Å². The molecule has 30 heavy (non-hydrogen) atoms. The lowest BCUT2D eigenvalue weighted by Crippen LogP contribution is -1.98. The highest BCUT2D eigenvalue weighted by atomic mass is 16.4. The Hall–Kier alpha value is -3.93. The minimum absolute atomic E-state index is 0.112. The van der Waals surface area contributed by atoms with Gasteiger partial charge in [0.2, 0.25) is 0 Å². The van der Waals surface area contributed by atoms with Crippen molar-refractivity contribution in [2.24, 2.45) is 0 Å². The Morgan fingerprint density at radius 2 is 0.633 bits per heavy atom. The highest BCUT2D eigenvalue weighted by Gasteiger charge is 1.98. The van der Waals surface area contributed by atoms with Gasteiger partial charge >= 0.3 is 17.9 Å². The van der Waals surface area contributed by atoms with E-state index in [2.05, 4.69) is 0 Å². The first-order valence-corrected chi connectivity index (χ1v) is 9.14. The molecule has 0 amide bonds. The zero-order valence-corrected chi connectivity index (χ0v) is 16.3. The molecule has 0 aliphatic rings. The molecule has 0 aliphatic carbocycles. The molecule has 0 bridgehead atoms. The van der Waals surface area contributed by atoms with Crippen molar-refractivity contribution in [2.75, 3.05) is 0 Å². The molecule has 0 fully saturated rings. The Labute approximate surface area is 175 Å². The summed E-state index contributed by atoms with van der Waals surface area (Å²) < 4.78 is 0. The number of rotatable bonds is 6. The lowest BCUT2D eigenvalue weighted by Gasteiger charge is -1.92. The van der Waals surface area contributed by atoms with Gasteiger partial charge in [-0.05, 0) is 16.7 Å². The number of benzene rings is 3. The van der Waals surface area contributed by atoms with Crippen molar-refractivity contribution >= 4 is 17.9 Å². The normalized spacial score (nSPS) is 9.20. The molecule has 0 aromatic heterocycles. The maximum atomic E-state index is 10.2. The largest absolute Gasteiger partial charge is 0.481 e. The third-order valence-electron chi connectivity index (χ3n) is 3.59. The van der Waals surface area contributed by atoms with Crippen LogP contribution in [0.3, 0.4) is 0 Å². The van der Waals surface area contributed by atoms with Crippen LogP contribution in [0.4, 0.5) is 0 Å². The third-order valence-corrected chi connectivity index (χ3v) is 3.59. The fourth-order valence-electron chi connectivity index (χ4n) is 2.31. The van der Waals surface area contributed by atoms with Crippen LogP contribution < -0.4 is 0 Å². The van der Waals surface area contributed by atoms with E-state index in [-0.39, 0.29) is 19.3 Å². The molecule has 0 radical (unpaired) electrons. The zero-order chi connectivity index (χ0) is 22.2. The Kier molecular flexibility index (Phi) is 11.3. The van der Waals surface area contributed by atoms with Gasteiger partial charge in [-0.15, -0.1) is 0 Å². The Bertz CT molecular complexity index is 770. The minimum atomic E-state index is -0.786. The lowest BCUT2D eigenvalue weighted by molar-refractivity contribution is -0.137. The number of carbonyl (C=O) groups is 3. The molecular weight excluding hydrogens is 384 g/mol. The molecule has 0 aliphatic heterocycles. The number of aliphatic carboxylic acids is 3. The predicted octanol–water partition coefficient (Wildman–Crippen LogP) is 3.94. The van der Waals surface area contributed by atoms with Gasteiger partial charge in [0.05, 0.1) is 19.3 Å². The molecule has 3 aromatic rings. The minimum Gasteiger partial charge on any atom is -0.481 e. The van der Waals surface area contributed by atoms with Crippen molar-refractivity contribution in [1.82, 2.24) is 0 Å². The number of carboxylic acids is 3. The molecule has 0 saturated heterocycles. The van der Waals surface area contributed by atoms with Crippen LogP contribution in [0.1, 0.15) is 16.7 Å². The summed E-state index contributed by atoms with van der Waals surface area (Å²) in [6, 6.07) is 27.4. The van der Waals surface area contributed by atoms with Crippen LogP contribution in [-0.2, 0) is 33.6 Å². The summed E-state index contributed by atoms with van der Waals surface area (Å²) in [5.41, 5.74) is 2.53. The van der Waals surface area contributed by atoms with Crippen LogP contribution in [0.15, 0.2) is 91.0 Å². The van der Waals surface area contributed by atoms with Gasteiger partial charge in [-0.25, -0.2) is 0 Å². The summed E-state index contributed by atoms with van der Waals surface area (Å²) in [6.07, 6.45) is 0.336. The fourth-order valence-corrected chi connectivity index (χ4v) is 2.31. The standard InChI is InChI=1S/3C8H8O2/c3*9-8(10)6-7-4-2-1-3-5-7/h3*1-5H,6H2,(H,9,10).